The molecule has 3 aromatic rings. The summed E-state index contributed by atoms with van der Waals surface area (Å²) in [5.41, 5.74) is 0.724. The van der Waals surface area contributed by atoms with Crippen molar-refractivity contribution < 1.29 is 23.9 Å². The molecule has 10 nitrogen and oxygen atoms in total. The standard InChI is InChI=1S/C28H33N5O5/c1-5-13-33-26(35)24-23(25(34)29-16-20-14-21(37-3)11-12-22(20)38-4)31-18-32(24)17-28(33,2)27(36)30-15-19-9-7-6-8-10-19/h6-12,14,18H,5,13,15-17H2,1-4H3,(H,29,34)(H,30,36)/t28-/m0/s1. The summed E-state index contributed by atoms with van der Waals surface area (Å²) in [6.07, 6.45) is 2.10. The largest absolute Gasteiger partial charge is 0.497 e. The topological polar surface area (TPSA) is 115 Å². The molecule has 2 N–H and O–H groups in total. The van der Waals surface area contributed by atoms with E-state index in [0.717, 1.165) is 11.1 Å². The van der Waals surface area contributed by atoms with Crippen molar-refractivity contribution in [3.05, 3.63) is 77.4 Å². The molecule has 0 saturated heterocycles. The molecular formula is C28H33N5O5. The number of benzene rings is 2. The van der Waals surface area contributed by atoms with Crippen molar-refractivity contribution in [1.29, 1.82) is 0 Å². The van der Waals surface area contributed by atoms with Crippen molar-refractivity contribution in [2.24, 2.45) is 0 Å². The highest BCUT2D eigenvalue weighted by Gasteiger charge is 2.48. The molecule has 0 saturated carbocycles. The first-order chi connectivity index (χ1) is 18.3. The molecule has 1 aromatic heterocycles. The first kappa shape index (κ1) is 26.7. The minimum Gasteiger partial charge on any atom is -0.497 e. The fraction of sp³-hybridized carbons (Fsp3) is 0.357. The van der Waals surface area contributed by atoms with E-state index in [1.165, 1.54) is 6.33 Å². The molecule has 1 aliphatic rings. The van der Waals surface area contributed by atoms with E-state index in [2.05, 4.69) is 15.6 Å². The lowest BCUT2D eigenvalue weighted by Crippen LogP contribution is -2.64. The van der Waals surface area contributed by atoms with Gasteiger partial charge in [-0.3, -0.25) is 14.4 Å². The summed E-state index contributed by atoms with van der Waals surface area (Å²) >= 11 is 0. The SMILES string of the molecule is CCCN1C(=O)c2c(C(=O)NCc3cc(OC)ccc3OC)ncn2C[C@@]1(C)C(=O)NCc1ccccc1. The third-order valence-electron chi connectivity index (χ3n) is 6.73. The molecule has 1 atom stereocenters. The van der Waals surface area contributed by atoms with Crippen LogP contribution in [-0.4, -0.2) is 58.5 Å². The Kier molecular flexibility index (Phi) is 7.99. The highest BCUT2D eigenvalue weighted by Crippen LogP contribution is 2.29. The van der Waals surface area contributed by atoms with Crippen LogP contribution in [0.25, 0.3) is 0 Å². The molecule has 10 heteroatoms. The second-order valence-electron chi connectivity index (χ2n) is 9.33. The lowest BCUT2D eigenvalue weighted by Gasteiger charge is -2.43. The van der Waals surface area contributed by atoms with Gasteiger partial charge < -0.3 is 29.6 Å². The number of amides is 3. The number of imidazole rings is 1. The molecule has 2 aromatic carbocycles. The van der Waals surface area contributed by atoms with Crippen LogP contribution in [0.4, 0.5) is 0 Å². The van der Waals surface area contributed by atoms with E-state index in [0.29, 0.717) is 31.0 Å². The number of aromatic nitrogens is 2. The second kappa shape index (κ2) is 11.4. The Morgan fingerprint density at radius 3 is 2.50 bits per heavy atom. The number of carbonyl (C=O) groups is 3. The third kappa shape index (κ3) is 5.20. The maximum absolute atomic E-state index is 13.7. The Hall–Kier alpha value is -4.34. The van der Waals surface area contributed by atoms with Gasteiger partial charge in [-0.1, -0.05) is 37.3 Å². The van der Waals surface area contributed by atoms with E-state index in [-0.39, 0.29) is 30.4 Å². The average Bonchev–Trinajstić information content (AvgIpc) is 3.36. The first-order valence-corrected chi connectivity index (χ1v) is 12.5. The second-order valence-corrected chi connectivity index (χ2v) is 9.33. The number of ether oxygens (including phenoxy) is 2. The third-order valence-corrected chi connectivity index (χ3v) is 6.73. The summed E-state index contributed by atoms with van der Waals surface area (Å²) in [7, 11) is 3.11. The fourth-order valence-corrected chi connectivity index (χ4v) is 4.68. The van der Waals surface area contributed by atoms with Crippen molar-refractivity contribution in [2.45, 2.75) is 45.4 Å². The van der Waals surface area contributed by atoms with Crippen molar-refractivity contribution in [3.63, 3.8) is 0 Å². The summed E-state index contributed by atoms with van der Waals surface area (Å²) in [6.45, 7) is 4.73. The molecule has 0 radical (unpaired) electrons. The van der Waals surface area contributed by atoms with Gasteiger partial charge >= 0.3 is 0 Å². The van der Waals surface area contributed by atoms with Crippen LogP contribution in [0.5, 0.6) is 11.5 Å². The highest BCUT2D eigenvalue weighted by molar-refractivity contribution is 6.07. The summed E-state index contributed by atoms with van der Waals surface area (Å²) < 4.78 is 12.3. The molecule has 2 heterocycles. The maximum Gasteiger partial charge on any atom is 0.273 e. The van der Waals surface area contributed by atoms with E-state index in [1.807, 2.05) is 37.3 Å². The molecule has 4 rings (SSSR count). The Bertz CT molecular complexity index is 1320. The lowest BCUT2D eigenvalue weighted by molar-refractivity contribution is -0.133. The van der Waals surface area contributed by atoms with Crippen molar-refractivity contribution in [1.82, 2.24) is 25.1 Å². The van der Waals surface area contributed by atoms with Crippen LogP contribution in [0, 0.1) is 0 Å². The van der Waals surface area contributed by atoms with Gasteiger partial charge in [0.1, 0.15) is 22.7 Å². The summed E-state index contributed by atoms with van der Waals surface area (Å²) in [6, 6.07) is 14.9. The predicted molar refractivity (Wildman–Crippen MR) is 141 cm³/mol. The molecule has 0 aliphatic carbocycles. The Balaban J connectivity index is 1.55. The minimum absolute atomic E-state index is 0.0182. The number of rotatable bonds is 10. The monoisotopic (exact) mass is 519 g/mol. The number of nitrogens with zero attached hydrogens (tertiary/aromatic N) is 3. The van der Waals surface area contributed by atoms with E-state index in [9.17, 15) is 14.4 Å². The van der Waals surface area contributed by atoms with Crippen LogP contribution in [-0.2, 0) is 24.4 Å². The average molecular weight is 520 g/mol. The normalized spacial score (nSPS) is 16.5. The number of carbonyl (C=O) groups excluding carboxylic acids is 3. The van der Waals surface area contributed by atoms with Crippen molar-refractivity contribution in [2.75, 3.05) is 20.8 Å². The van der Waals surface area contributed by atoms with Crippen LogP contribution in [0.3, 0.4) is 0 Å². The van der Waals surface area contributed by atoms with E-state index < -0.39 is 17.4 Å². The van der Waals surface area contributed by atoms with Crippen molar-refractivity contribution >= 4 is 17.7 Å². The van der Waals surface area contributed by atoms with Gasteiger partial charge in [-0.25, -0.2) is 4.98 Å². The lowest BCUT2D eigenvalue weighted by atomic mass is 9.94. The quantitative estimate of drug-likeness (QED) is 0.426. The number of methoxy groups -OCH3 is 2. The summed E-state index contributed by atoms with van der Waals surface area (Å²) in [4.78, 5) is 46.1. The van der Waals surface area contributed by atoms with Crippen LogP contribution >= 0.6 is 0 Å². The van der Waals surface area contributed by atoms with Crippen LogP contribution in [0.1, 0.15) is 52.4 Å². The van der Waals surface area contributed by atoms with Gasteiger partial charge in [-0.15, -0.1) is 0 Å². The molecule has 0 fully saturated rings. The van der Waals surface area contributed by atoms with Crippen LogP contribution < -0.4 is 20.1 Å². The molecule has 1 aliphatic heterocycles. The first-order valence-electron chi connectivity index (χ1n) is 12.5. The van der Waals surface area contributed by atoms with E-state index >= 15 is 0 Å². The van der Waals surface area contributed by atoms with Crippen LogP contribution in [0.2, 0.25) is 0 Å². The Morgan fingerprint density at radius 1 is 1.05 bits per heavy atom. The molecule has 0 bridgehead atoms. The number of hydrogen-bond donors (Lipinski definition) is 2. The Labute approximate surface area is 221 Å². The van der Waals surface area contributed by atoms with Gasteiger partial charge in [0, 0.05) is 25.2 Å². The zero-order valence-corrected chi connectivity index (χ0v) is 22.1. The van der Waals surface area contributed by atoms with E-state index in [1.54, 1.807) is 48.8 Å². The zero-order valence-electron chi connectivity index (χ0n) is 22.1. The summed E-state index contributed by atoms with van der Waals surface area (Å²) in [5, 5.41) is 5.80. The molecule has 0 spiro atoms. The minimum atomic E-state index is -1.14. The van der Waals surface area contributed by atoms with Gasteiger partial charge in [0.05, 0.1) is 27.1 Å². The van der Waals surface area contributed by atoms with Gasteiger partial charge in [-0.2, -0.15) is 0 Å². The number of hydrogen-bond acceptors (Lipinski definition) is 6. The fourth-order valence-electron chi connectivity index (χ4n) is 4.68. The molecule has 0 unspecified atom stereocenters. The van der Waals surface area contributed by atoms with Gasteiger partial charge in [-0.05, 0) is 37.1 Å². The van der Waals surface area contributed by atoms with Crippen molar-refractivity contribution in [3.8, 4) is 11.5 Å². The van der Waals surface area contributed by atoms with Gasteiger partial charge in [0.2, 0.25) is 5.91 Å². The van der Waals surface area contributed by atoms with Gasteiger partial charge in [0.15, 0.2) is 5.69 Å². The highest BCUT2D eigenvalue weighted by atomic mass is 16.5. The predicted octanol–water partition coefficient (Wildman–Crippen LogP) is 2.77. The molecule has 3 amide bonds. The zero-order chi connectivity index (χ0) is 27.3. The summed E-state index contributed by atoms with van der Waals surface area (Å²) in [5.74, 6) is 0.0614. The van der Waals surface area contributed by atoms with Gasteiger partial charge in [0.25, 0.3) is 11.8 Å². The molecular weight excluding hydrogens is 486 g/mol. The molecule has 38 heavy (non-hydrogen) atoms. The number of nitrogens with one attached hydrogen (secondary N) is 2. The smallest absolute Gasteiger partial charge is 0.273 e. The maximum atomic E-state index is 13.7. The Morgan fingerprint density at radius 2 is 1.82 bits per heavy atom. The van der Waals surface area contributed by atoms with Crippen LogP contribution in [0.15, 0.2) is 54.9 Å². The molecule has 200 valence electrons. The number of fused-ring (bicyclic) bond motifs is 1. The van der Waals surface area contributed by atoms with E-state index in [4.69, 9.17) is 9.47 Å².